The number of aromatic nitrogens is 3. The molecule has 0 aliphatic heterocycles. The second-order valence-electron chi connectivity index (χ2n) is 4.34. The third kappa shape index (κ3) is 3.78. The first kappa shape index (κ1) is 17.1. The van der Waals surface area contributed by atoms with Crippen LogP contribution in [0.5, 0.6) is 0 Å². The van der Waals surface area contributed by atoms with Crippen LogP contribution in [-0.4, -0.2) is 8.52 Å². The van der Waals surface area contributed by atoms with Crippen LogP contribution in [0, 0.1) is 0 Å². The van der Waals surface area contributed by atoms with Gasteiger partial charge in [-0.1, -0.05) is 6.92 Å². The van der Waals surface area contributed by atoms with Crippen LogP contribution < -0.4 is 39.0 Å². The van der Waals surface area contributed by atoms with Crippen LogP contribution in [0.4, 0.5) is 5.69 Å². The van der Waals surface area contributed by atoms with E-state index in [0.29, 0.717) is 6.54 Å². The van der Waals surface area contributed by atoms with E-state index in [1.54, 1.807) is 8.52 Å². The van der Waals surface area contributed by atoms with Crippen LogP contribution >= 0.6 is 11.5 Å². The van der Waals surface area contributed by atoms with Crippen molar-refractivity contribution in [3.63, 3.8) is 0 Å². The van der Waals surface area contributed by atoms with Crippen molar-refractivity contribution in [2.24, 2.45) is 12.0 Å². The molecule has 0 N–H and O–H groups in total. The highest BCUT2D eigenvalue weighted by Crippen LogP contribution is 2.05. The van der Waals surface area contributed by atoms with Gasteiger partial charge in [-0.15, -0.1) is 0 Å². The molecule has 0 spiro atoms. The number of hydrogen-bond donors (Lipinski definition) is 0. The van der Waals surface area contributed by atoms with Gasteiger partial charge in [-0.2, -0.15) is 0 Å². The molecule has 0 saturated heterocycles. The molecule has 0 aliphatic rings. The average molecular weight is 406 g/mol. The summed E-state index contributed by atoms with van der Waals surface area (Å²) in [5.41, 5.74) is 0.894. The first-order valence-corrected chi connectivity index (χ1v) is 7.24. The average Bonchev–Trinajstić information content (AvgIpc) is 2.66. The summed E-state index contributed by atoms with van der Waals surface area (Å²) in [5.74, 6) is 0. The normalized spacial score (nSPS) is 11.4. The Hall–Kier alpha value is -0.960. The van der Waals surface area contributed by atoms with Crippen molar-refractivity contribution in [2.75, 3.05) is 0 Å². The Kier molecular flexibility index (Phi) is 6.60. The van der Waals surface area contributed by atoms with E-state index in [1.165, 1.54) is 11.5 Å². The van der Waals surface area contributed by atoms with Gasteiger partial charge in [0.1, 0.15) is 12.7 Å². The van der Waals surface area contributed by atoms with E-state index >= 15 is 0 Å². The molecule has 0 amide bonds. The number of aryl methyl sites for hydroxylation is 2. The van der Waals surface area contributed by atoms with Crippen LogP contribution in [0.2, 0.25) is 0 Å². The van der Waals surface area contributed by atoms with Crippen molar-refractivity contribution in [1.29, 1.82) is 0 Å². The lowest BCUT2D eigenvalue weighted by Crippen LogP contribution is -3.00. The quantitative estimate of drug-likeness (QED) is 0.437. The first-order valence-electron chi connectivity index (χ1n) is 6.46. The van der Waals surface area contributed by atoms with Gasteiger partial charge in [0, 0.05) is 19.2 Å². The van der Waals surface area contributed by atoms with Gasteiger partial charge >= 0.3 is 5.69 Å². The lowest BCUT2D eigenvalue weighted by molar-refractivity contribution is -0.670. The second kappa shape index (κ2) is 7.72. The molecule has 2 rings (SSSR count). The second-order valence-corrected chi connectivity index (χ2v) is 5.33. The Bertz CT molecular complexity index is 686. The molecule has 0 fully saturated rings. The summed E-state index contributed by atoms with van der Waals surface area (Å²) in [7, 11) is 1.96. The minimum atomic E-state index is 0. The maximum atomic E-state index is 12.1. The van der Waals surface area contributed by atoms with Crippen LogP contribution in [0.1, 0.15) is 20.3 Å². The summed E-state index contributed by atoms with van der Waals surface area (Å²) in [5, 5.41) is 0. The van der Waals surface area contributed by atoms with Crippen molar-refractivity contribution >= 4 is 17.2 Å². The molecule has 2 aromatic heterocycles. The molecule has 0 radical (unpaired) electrons. The van der Waals surface area contributed by atoms with E-state index in [9.17, 15) is 4.79 Å². The number of rotatable bonds is 4. The summed E-state index contributed by atoms with van der Waals surface area (Å²) in [6.07, 6.45) is 4.84. The van der Waals surface area contributed by atoms with Crippen LogP contribution in [-0.2, 0) is 20.1 Å². The summed E-state index contributed by atoms with van der Waals surface area (Å²) in [4.78, 5) is 17.5. The standard InChI is InChI=1S/C13H19N4OS.HI/c1-4-8-17-13(18)16(5-2)12(19-17)14-11-7-6-9-15(3)10-11;/h6-7,9-10H,4-5,8H2,1-3H3;1H/q+1;/p-1. The lowest BCUT2D eigenvalue weighted by atomic mass is 10.4. The first-order chi connectivity index (χ1) is 9.15. The largest absolute Gasteiger partial charge is 1.00 e. The van der Waals surface area contributed by atoms with Crippen molar-refractivity contribution in [3.8, 4) is 0 Å². The van der Waals surface area contributed by atoms with E-state index < -0.39 is 0 Å². The fourth-order valence-corrected chi connectivity index (χ4v) is 2.95. The van der Waals surface area contributed by atoms with Gasteiger partial charge in [0.25, 0.3) is 0 Å². The summed E-state index contributed by atoms with van der Waals surface area (Å²) in [6.45, 7) is 5.43. The third-order valence-electron chi connectivity index (χ3n) is 2.76. The Morgan fingerprint density at radius 2 is 2.15 bits per heavy atom. The van der Waals surface area contributed by atoms with E-state index in [1.807, 2.05) is 43.1 Å². The Labute approximate surface area is 139 Å². The highest BCUT2D eigenvalue weighted by atomic mass is 127. The summed E-state index contributed by atoms with van der Waals surface area (Å²) in [6, 6.07) is 3.88. The van der Waals surface area contributed by atoms with Crippen molar-refractivity contribution in [2.45, 2.75) is 33.4 Å². The highest BCUT2D eigenvalue weighted by Gasteiger charge is 2.07. The van der Waals surface area contributed by atoms with Gasteiger partial charge in [0.05, 0.1) is 0 Å². The SMILES string of the molecule is CCCn1sc(=Nc2ccc[n+](C)c2)n(CC)c1=O.[I-]. The lowest BCUT2D eigenvalue weighted by Gasteiger charge is -1.94. The van der Waals surface area contributed by atoms with Crippen molar-refractivity contribution in [3.05, 3.63) is 39.8 Å². The number of nitrogens with zero attached hydrogens (tertiary/aromatic N) is 4. The van der Waals surface area contributed by atoms with E-state index in [4.69, 9.17) is 0 Å². The molecule has 0 aliphatic carbocycles. The van der Waals surface area contributed by atoms with Crippen LogP contribution in [0.25, 0.3) is 0 Å². The zero-order chi connectivity index (χ0) is 13.8. The predicted octanol–water partition coefficient (Wildman–Crippen LogP) is -1.80. The Morgan fingerprint density at radius 3 is 2.75 bits per heavy atom. The molecule has 2 aromatic rings. The van der Waals surface area contributed by atoms with Crippen molar-refractivity contribution < 1.29 is 28.5 Å². The monoisotopic (exact) mass is 406 g/mol. The maximum absolute atomic E-state index is 12.1. The zero-order valence-electron chi connectivity index (χ0n) is 11.9. The number of hydrogen-bond acceptors (Lipinski definition) is 3. The fraction of sp³-hybridized carbons (Fsp3) is 0.462. The Morgan fingerprint density at radius 1 is 1.40 bits per heavy atom. The maximum Gasteiger partial charge on any atom is 0.339 e. The molecule has 2 heterocycles. The molecule has 0 atom stereocenters. The van der Waals surface area contributed by atoms with E-state index in [-0.39, 0.29) is 29.7 Å². The molecule has 0 aromatic carbocycles. The van der Waals surface area contributed by atoms with Crippen molar-refractivity contribution in [1.82, 2.24) is 8.52 Å². The van der Waals surface area contributed by atoms with Gasteiger partial charge in [0.15, 0.2) is 12.4 Å². The number of pyridine rings is 1. The zero-order valence-corrected chi connectivity index (χ0v) is 14.9. The van der Waals surface area contributed by atoms with Crippen LogP contribution in [0.3, 0.4) is 0 Å². The molecule has 110 valence electrons. The molecule has 20 heavy (non-hydrogen) atoms. The van der Waals surface area contributed by atoms with Gasteiger partial charge in [-0.05, 0) is 30.9 Å². The van der Waals surface area contributed by atoms with E-state index in [0.717, 1.165) is 23.5 Å². The Balaban J connectivity index is 0.00000200. The molecule has 0 bridgehead atoms. The molecule has 5 nitrogen and oxygen atoms in total. The van der Waals surface area contributed by atoms with Gasteiger partial charge in [-0.25, -0.2) is 18.3 Å². The van der Waals surface area contributed by atoms with Gasteiger partial charge < -0.3 is 24.0 Å². The molecule has 0 unspecified atom stereocenters. The molecule has 0 saturated carbocycles. The van der Waals surface area contributed by atoms with Crippen LogP contribution in [0.15, 0.2) is 34.3 Å². The molecule has 7 heteroatoms. The van der Waals surface area contributed by atoms with Gasteiger partial charge in [0.2, 0.25) is 4.80 Å². The summed E-state index contributed by atoms with van der Waals surface area (Å²) >= 11 is 1.43. The minimum Gasteiger partial charge on any atom is -1.00 e. The topological polar surface area (TPSA) is 43.2 Å². The third-order valence-corrected chi connectivity index (χ3v) is 3.79. The minimum absolute atomic E-state index is 0. The smallest absolute Gasteiger partial charge is 0.339 e. The fourth-order valence-electron chi connectivity index (χ4n) is 1.85. The molecular formula is C13H19IN4OS. The van der Waals surface area contributed by atoms with E-state index in [2.05, 4.69) is 11.9 Å². The molecular weight excluding hydrogens is 387 g/mol. The summed E-state index contributed by atoms with van der Waals surface area (Å²) < 4.78 is 5.43. The number of halogens is 1. The highest BCUT2D eigenvalue weighted by molar-refractivity contribution is 7.03. The predicted molar refractivity (Wildman–Crippen MR) is 75.4 cm³/mol. The van der Waals surface area contributed by atoms with Gasteiger partial charge in [-0.3, -0.25) is 4.57 Å².